The molecule has 0 aliphatic rings. The average molecular weight is 424 g/mol. The molecular weight excluding hydrogens is 395 g/mol. The molecule has 0 saturated carbocycles. The van der Waals surface area contributed by atoms with Crippen LogP contribution in [0.1, 0.15) is 40.3 Å². The minimum absolute atomic E-state index is 0.333. The number of aliphatic hydroxyl groups excluding tert-OH is 1. The van der Waals surface area contributed by atoms with Crippen molar-refractivity contribution in [3.8, 4) is 0 Å². The highest BCUT2D eigenvalue weighted by Crippen LogP contribution is 2.67. The number of hydrogen-bond acceptors (Lipinski definition) is 4. The molecular formula is C21H28OPS3+. The largest absolute Gasteiger partial charge is 0.396 e. The number of thiophene rings is 3. The molecule has 3 aromatic heterocycles. The summed E-state index contributed by atoms with van der Waals surface area (Å²) in [6, 6.07) is 13.6. The van der Waals surface area contributed by atoms with Crippen LogP contribution in [0.4, 0.5) is 0 Å². The molecule has 1 N–H and O–H groups in total. The predicted molar refractivity (Wildman–Crippen MR) is 121 cm³/mol. The third-order valence-corrected chi connectivity index (χ3v) is 12.3. The van der Waals surface area contributed by atoms with Gasteiger partial charge in [-0.1, -0.05) is 24.6 Å². The Balaban J connectivity index is 1.78. The van der Waals surface area contributed by atoms with Crippen molar-refractivity contribution in [1.29, 1.82) is 0 Å². The quantitative estimate of drug-likeness (QED) is 0.239. The van der Waals surface area contributed by atoms with E-state index in [1.54, 1.807) is 14.6 Å². The summed E-state index contributed by atoms with van der Waals surface area (Å²) in [6.07, 6.45) is 9.87. The average Bonchev–Trinajstić information content (AvgIpc) is 3.38. The van der Waals surface area contributed by atoms with Gasteiger partial charge in [0, 0.05) is 28.5 Å². The lowest BCUT2D eigenvalue weighted by Gasteiger charge is -2.27. The van der Waals surface area contributed by atoms with E-state index in [9.17, 15) is 0 Å². The van der Waals surface area contributed by atoms with Crippen LogP contribution in [0.5, 0.6) is 0 Å². The first-order valence-electron chi connectivity index (χ1n) is 9.33. The van der Waals surface area contributed by atoms with Crippen LogP contribution in [0.25, 0.3) is 0 Å². The second-order valence-corrected chi connectivity index (χ2v) is 14.1. The fourth-order valence-corrected chi connectivity index (χ4v) is 12.3. The zero-order chi connectivity index (χ0) is 18.1. The highest BCUT2D eigenvalue weighted by atomic mass is 32.1. The molecule has 0 atom stereocenters. The van der Waals surface area contributed by atoms with Crippen LogP contribution in [-0.2, 0) is 18.5 Å². The van der Waals surface area contributed by atoms with E-state index in [1.165, 1.54) is 37.5 Å². The normalized spacial score (nSPS) is 11.9. The van der Waals surface area contributed by atoms with Gasteiger partial charge in [-0.15, -0.1) is 34.0 Å². The standard InChI is InChI=1S/C21H28OPS3/c22-11-3-1-2-4-12-23(16-19-8-5-13-24-19,17-20-9-6-14-25-20)18-21-10-7-15-26-21/h5-10,13-15,22H,1-4,11-12,16-18H2/q+1. The van der Waals surface area contributed by atoms with Crippen molar-refractivity contribution < 1.29 is 5.11 Å². The van der Waals surface area contributed by atoms with E-state index in [0.717, 1.165) is 12.8 Å². The number of hydrogen-bond donors (Lipinski definition) is 1. The Hall–Kier alpha value is -0.510. The lowest BCUT2D eigenvalue weighted by Crippen LogP contribution is -2.08. The van der Waals surface area contributed by atoms with Gasteiger partial charge in [-0.25, -0.2) is 0 Å². The molecule has 0 fully saturated rings. The summed E-state index contributed by atoms with van der Waals surface area (Å²) < 4.78 is 0. The number of rotatable bonds is 12. The van der Waals surface area contributed by atoms with Gasteiger partial charge in [0.2, 0.25) is 0 Å². The Morgan fingerprint density at radius 2 is 1.12 bits per heavy atom. The Kier molecular flexibility index (Phi) is 8.35. The third-order valence-electron chi connectivity index (χ3n) is 4.75. The monoisotopic (exact) mass is 423 g/mol. The first kappa shape index (κ1) is 20.2. The summed E-state index contributed by atoms with van der Waals surface area (Å²) in [7, 11) is -1.14. The molecule has 26 heavy (non-hydrogen) atoms. The molecule has 0 saturated heterocycles. The van der Waals surface area contributed by atoms with Gasteiger partial charge in [0.25, 0.3) is 0 Å². The maximum atomic E-state index is 9.05. The third kappa shape index (κ3) is 6.28. The predicted octanol–water partition coefficient (Wildman–Crippen LogP) is 7.34. The van der Waals surface area contributed by atoms with Gasteiger partial charge in [0.1, 0.15) is 0 Å². The van der Waals surface area contributed by atoms with E-state index in [2.05, 4.69) is 52.5 Å². The Labute approximate surface area is 170 Å². The molecule has 0 unspecified atom stereocenters. The van der Waals surface area contributed by atoms with E-state index in [4.69, 9.17) is 5.11 Å². The summed E-state index contributed by atoms with van der Waals surface area (Å²) in [5.41, 5.74) is 0. The molecule has 5 heteroatoms. The molecule has 0 radical (unpaired) electrons. The second kappa shape index (κ2) is 10.7. The van der Waals surface area contributed by atoms with Crippen LogP contribution in [0, 0.1) is 0 Å². The molecule has 3 aromatic rings. The molecule has 3 rings (SSSR count). The summed E-state index contributed by atoms with van der Waals surface area (Å²) in [6.45, 7) is 0.333. The first-order valence-corrected chi connectivity index (χ1v) is 14.5. The molecule has 0 spiro atoms. The van der Waals surface area contributed by atoms with E-state index < -0.39 is 7.26 Å². The maximum Gasteiger partial charge on any atom is 0.0942 e. The van der Waals surface area contributed by atoms with Crippen molar-refractivity contribution in [3.63, 3.8) is 0 Å². The summed E-state index contributed by atoms with van der Waals surface area (Å²) >= 11 is 5.77. The zero-order valence-corrected chi connectivity index (χ0v) is 18.5. The Morgan fingerprint density at radius 1 is 0.654 bits per heavy atom. The van der Waals surface area contributed by atoms with Crippen LogP contribution in [0.15, 0.2) is 52.5 Å². The highest BCUT2D eigenvalue weighted by Gasteiger charge is 2.38. The van der Waals surface area contributed by atoms with Crippen molar-refractivity contribution in [2.45, 2.75) is 44.2 Å². The van der Waals surface area contributed by atoms with Gasteiger partial charge < -0.3 is 5.11 Å². The molecule has 1 nitrogen and oxygen atoms in total. The molecule has 0 amide bonds. The van der Waals surface area contributed by atoms with Gasteiger partial charge >= 0.3 is 0 Å². The van der Waals surface area contributed by atoms with E-state index in [1.807, 2.05) is 34.0 Å². The molecule has 140 valence electrons. The summed E-state index contributed by atoms with van der Waals surface area (Å²) in [4.78, 5) is 4.67. The lowest BCUT2D eigenvalue weighted by molar-refractivity contribution is 0.283. The minimum Gasteiger partial charge on any atom is -0.396 e. The van der Waals surface area contributed by atoms with Gasteiger partial charge in [-0.05, 0) is 53.6 Å². The van der Waals surface area contributed by atoms with Crippen molar-refractivity contribution >= 4 is 41.3 Å². The summed E-state index contributed by atoms with van der Waals surface area (Å²) in [5, 5.41) is 15.7. The topological polar surface area (TPSA) is 20.2 Å². The second-order valence-electron chi connectivity index (χ2n) is 6.92. The number of aliphatic hydroxyl groups is 1. The fourth-order valence-electron chi connectivity index (χ4n) is 3.52. The number of unbranched alkanes of at least 4 members (excludes halogenated alkanes) is 3. The van der Waals surface area contributed by atoms with E-state index in [0.29, 0.717) is 6.61 Å². The Bertz CT molecular complexity index is 616. The van der Waals surface area contributed by atoms with E-state index >= 15 is 0 Å². The van der Waals surface area contributed by atoms with Crippen LogP contribution in [-0.4, -0.2) is 17.9 Å². The molecule has 0 bridgehead atoms. The van der Waals surface area contributed by atoms with Crippen LogP contribution in [0.3, 0.4) is 0 Å². The zero-order valence-electron chi connectivity index (χ0n) is 15.2. The van der Waals surface area contributed by atoms with Gasteiger partial charge in [-0.2, -0.15) is 0 Å². The molecule has 0 aliphatic carbocycles. The van der Waals surface area contributed by atoms with Gasteiger partial charge in [0.15, 0.2) is 0 Å². The molecule has 0 aliphatic heterocycles. The van der Waals surface area contributed by atoms with Gasteiger partial charge in [0.05, 0.1) is 24.6 Å². The fraction of sp³-hybridized carbons (Fsp3) is 0.429. The van der Waals surface area contributed by atoms with Crippen molar-refractivity contribution in [1.82, 2.24) is 0 Å². The first-order chi connectivity index (χ1) is 12.8. The summed E-state index contributed by atoms with van der Waals surface area (Å²) in [5.74, 6) is 0. The lowest BCUT2D eigenvalue weighted by atomic mass is 10.2. The van der Waals surface area contributed by atoms with Crippen molar-refractivity contribution in [3.05, 3.63) is 67.2 Å². The van der Waals surface area contributed by atoms with Crippen LogP contribution in [0.2, 0.25) is 0 Å². The molecule has 0 aromatic carbocycles. The smallest absolute Gasteiger partial charge is 0.0942 e. The van der Waals surface area contributed by atoms with Crippen LogP contribution < -0.4 is 0 Å². The minimum atomic E-state index is -1.14. The van der Waals surface area contributed by atoms with Crippen molar-refractivity contribution in [2.75, 3.05) is 12.8 Å². The van der Waals surface area contributed by atoms with Crippen molar-refractivity contribution in [2.24, 2.45) is 0 Å². The Morgan fingerprint density at radius 3 is 1.50 bits per heavy atom. The van der Waals surface area contributed by atoms with Gasteiger partial charge in [-0.3, -0.25) is 0 Å². The molecule has 3 heterocycles. The SMILES string of the molecule is OCCCCCC[P+](Cc1cccs1)(Cc1cccs1)Cc1cccs1. The van der Waals surface area contributed by atoms with E-state index in [-0.39, 0.29) is 0 Å². The maximum absolute atomic E-state index is 9.05. The van der Waals surface area contributed by atoms with Crippen LogP contribution >= 0.6 is 41.3 Å². The highest BCUT2D eigenvalue weighted by molar-refractivity contribution is 7.74.